The van der Waals surface area contributed by atoms with Gasteiger partial charge >= 0.3 is 0 Å². The number of unbranched alkanes of at least 4 members (excludes halogenated alkanes) is 10. The van der Waals surface area contributed by atoms with Crippen LogP contribution in [-0.2, 0) is 12.8 Å². The molecule has 178 valence electrons. The molecule has 0 aliphatic rings. The minimum absolute atomic E-state index is 0.249. The second kappa shape index (κ2) is 16.0. The molecule has 0 spiro atoms. The van der Waals surface area contributed by atoms with Crippen molar-refractivity contribution in [1.82, 2.24) is 10.9 Å². The molecule has 0 aliphatic carbocycles. The smallest absolute Gasteiger partial charge is 0.266 e. The number of carbonyl (C=O) groups excluding carboxylic acids is 2. The average molecular weight is 477 g/mol. The molecule has 2 amide bonds. The summed E-state index contributed by atoms with van der Waals surface area (Å²) >= 11 is 2.87. The molecule has 0 atom stereocenters. The standard InChI is InChI=1S/C26H40N2O2S2/c1-3-5-7-9-11-13-15-21-17-23(31-19-21)25(29)27-28-26(30)24-18-22(20-32-24)16-14-12-10-8-6-4-2/h17-20H,3-16H2,1-2H3,(H,27,29)(H,28,30). The Morgan fingerprint density at radius 2 is 1.00 bits per heavy atom. The lowest BCUT2D eigenvalue weighted by Gasteiger charge is -2.04. The van der Waals surface area contributed by atoms with E-state index in [2.05, 4.69) is 35.5 Å². The first-order valence-corrected chi connectivity index (χ1v) is 14.2. The number of hydrogen-bond donors (Lipinski definition) is 2. The lowest BCUT2D eigenvalue weighted by atomic mass is 10.1. The van der Waals surface area contributed by atoms with Crippen molar-refractivity contribution in [3.05, 3.63) is 43.8 Å². The molecule has 2 aromatic heterocycles. The number of rotatable bonds is 16. The summed E-state index contributed by atoms with van der Waals surface area (Å²) in [5.74, 6) is -0.497. The van der Waals surface area contributed by atoms with E-state index in [0.717, 1.165) is 25.7 Å². The molecule has 4 nitrogen and oxygen atoms in total. The molecule has 0 aliphatic heterocycles. The largest absolute Gasteiger partial charge is 0.279 e. The van der Waals surface area contributed by atoms with E-state index in [1.54, 1.807) is 0 Å². The van der Waals surface area contributed by atoms with Gasteiger partial charge in [-0.2, -0.15) is 0 Å². The van der Waals surface area contributed by atoms with Crippen molar-refractivity contribution >= 4 is 34.5 Å². The van der Waals surface area contributed by atoms with Gasteiger partial charge < -0.3 is 0 Å². The summed E-state index contributed by atoms with van der Waals surface area (Å²) in [6.45, 7) is 4.46. The van der Waals surface area contributed by atoms with Gasteiger partial charge in [0, 0.05) is 0 Å². The van der Waals surface area contributed by atoms with E-state index in [1.165, 1.54) is 98.0 Å². The molecule has 2 rings (SSSR count). The highest BCUT2D eigenvalue weighted by molar-refractivity contribution is 7.12. The van der Waals surface area contributed by atoms with Gasteiger partial charge in [0.2, 0.25) is 0 Å². The first-order valence-electron chi connectivity index (χ1n) is 12.4. The SMILES string of the molecule is CCCCCCCCc1csc(C(=O)NNC(=O)c2cc(CCCCCCCC)cs2)c1. The molecule has 32 heavy (non-hydrogen) atoms. The number of amides is 2. The second-order valence-electron chi connectivity index (χ2n) is 8.58. The van der Waals surface area contributed by atoms with Gasteiger partial charge in [-0.15, -0.1) is 22.7 Å². The van der Waals surface area contributed by atoms with Crippen molar-refractivity contribution in [1.29, 1.82) is 0 Å². The van der Waals surface area contributed by atoms with Crippen LogP contribution in [0.4, 0.5) is 0 Å². The fraction of sp³-hybridized carbons (Fsp3) is 0.615. The zero-order chi connectivity index (χ0) is 23.0. The molecule has 0 radical (unpaired) electrons. The summed E-state index contributed by atoms with van der Waals surface area (Å²) in [5, 5.41) is 4.10. The number of hydrazine groups is 1. The number of aryl methyl sites for hydroxylation is 2. The summed E-state index contributed by atoms with van der Waals surface area (Å²) in [7, 11) is 0. The van der Waals surface area contributed by atoms with Crippen LogP contribution in [0, 0.1) is 0 Å². The van der Waals surface area contributed by atoms with E-state index in [1.807, 2.05) is 12.1 Å². The maximum atomic E-state index is 12.4. The van der Waals surface area contributed by atoms with E-state index in [-0.39, 0.29) is 11.8 Å². The molecule has 0 fully saturated rings. The Bertz CT molecular complexity index is 731. The van der Waals surface area contributed by atoms with Crippen LogP contribution in [0.15, 0.2) is 22.9 Å². The van der Waals surface area contributed by atoms with Gasteiger partial charge in [0.15, 0.2) is 0 Å². The van der Waals surface area contributed by atoms with E-state index >= 15 is 0 Å². The van der Waals surface area contributed by atoms with Gasteiger partial charge in [-0.3, -0.25) is 20.4 Å². The lowest BCUT2D eigenvalue weighted by molar-refractivity contribution is 0.0851. The van der Waals surface area contributed by atoms with Gasteiger partial charge in [0.05, 0.1) is 9.75 Å². The van der Waals surface area contributed by atoms with Crippen molar-refractivity contribution in [2.45, 2.75) is 104 Å². The third kappa shape index (κ3) is 10.3. The molecular formula is C26H40N2O2S2. The van der Waals surface area contributed by atoms with Gasteiger partial charge in [0.25, 0.3) is 11.8 Å². The Morgan fingerprint density at radius 3 is 1.41 bits per heavy atom. The molecule has 0 saturated heterocycles. The number of thiophene rings is 2. The Kier molecular flexibility index (Phi) is 13.3. The highest BCUT2D eigenvalue weighted by Gasteiger charge is 2.13. The molecule has 0 unspecified atom stereocenters. The highest BCUT2D eigenvalue weighted by Crippen LogP contribution is 2.19. The van der Waals surface area contributed by atoms with Gasteiger partial charge in [-0.25, -0.2) is 0 Å². The van der Waals surface area contributed by atoms with Crippen LogP contribution in [0.1, 0.15) is 121 Å². The van der Waals surface area contributed by atoms with E-state index < -0.39 is 0 Å². The fourth-order valence-electron chi connectivity index (χ4n) is 3.71. The minimum atomic E-state index is -0.249. The number of carbonyl (C=O) groups is 2. The van der Waals surface area contributed by atoms with Crippen LogP contribution in [0.3, 0.4) is 0 Å². The van der Waals surface area contributed by atoms with Crippen LogP contribution in [0.5, 0.6) is 0 Å². The summed E-state index contributed by atoms with van der Waals surface area (Å²) < 4.78 is 0. The summed E-state index contributed by atoms with van der Waals surface area (Å²) in [6, 6.07) is 3.89. The topological polar surface area (TPSA) is 58.2 Å². The van der Waals surface area contributed by atoms with Crippen molar-refractivity contribution < 1.29 is 9.59 Å². The fourth-order valence-corrected chi connectivity index (χ4v) is 5.39. The van der Waals surface area contributed by atoms with Crippen LogP contribution in [0.25, 0.3) is 0 Å². The normalized spacial score (nSPS) is 10.9. The first kappa shape index (κ1) is 26.6. The Morgan fingerprint density at radius 1 is 0.625 bits per heavy atom. The predicted molar refractivity (Wildman–Crippen MR) is 138 cm³/mol. The third-order valence-electron chi connectivity index (χ3n) is 5.68. The highest BCUT2D eigenvalue weighted by atomic mass is 32.1. The first-order chi connectivity index (χ1) is 15.6. The number of nitrogens with one attached hydrogen (secondary N) is 2. The number of hydrogen-bond acceptors (Lipinski definition) is 4. The van der Waals surface area contributed by atoms with Gasteiger partial charge in [-0.1, -0.05) is 78.1 Å². The monoisotopic (exact) mass is 476 g/mol. The third-order valence-corrected chi connectivity index (χ3v) is 7.64. The average Bonchev–Trinajstić information content (AvgIpc) is 3.46. The van der Waals surface area contributed by atoms with Crippen LogP contribution in [0.2, 0.25) is 0 Å². The van der Waals surface area contributed by atoms with Crippen molar-refractivity contribution in [2.24, 2.45) is 0 Å². The summed E-state index contributed by atoms with van der Waals surface area (Å²) in [5.41, 5.74) is 7.54. The van der Waals surface area contributed by atoms with Crippen molar-refractivity contribution in [2.75, 3.05) is 0 Å². The zero-order valence-electron chi connectivity index (χ0n) is 19.8. The quantitative estimate of drug-likeness (QED) is 0.193. The molecule has 2 N–H and O–H groups in total. The minimum Gasteiger partial charge on any atom is -0.266 e. The Hall–Kier alpha value is -1.66. The van der Waals surface area contributed by atoms with Crippen LogP contribution in [-0.4, -0.2) is 11.8 Å². The molecule has 0 saturated carbocycles. The zero-order valence-corrected chi connectivity index (χ0v) is 21.5. The van der Waals surface area contributed by atoms with Crippen LogP contribution < -0.4 is 10.9 Å². The Balaban J connectivity index is 1.66. The Labute approximate surface area is 202 Å². The summed E-state index contributed by atoms with van der Waals surface area (Å²) in [4.78, 5) is 26.0. The molecule has 0 bridgehead atoms. The van der Waals surface area contributed by atoms with E-state index in [0.29, 0.717) is 9.75 Å². The molecule has 6 heteroatoms. The van der Waals surface area contributed by atoms with Crippen LogP contribution >= 0.6 is 22.7 Å². The van der Waals surface area contributed by atoms with Gasteiger partial charge in [-0.05, 0) is 59.7 Å². The molecule has 0 aromatic carbocycles. The maximum Gasteiger partial charge on any atom is 0.279 e. The van der Waals surface area contributed by atoms with Crippen molar-refractivity contribution in [3.8, 4) is 0 Å². The maximum absolute atomic E-state index is 12.4. The lowest BCUT2D eigenvalue weighted by Crippen LogP contribution is -2.41. The predicted octanol–water partition coefficient (Wildman–Crippen LogP) is 7.69. The van der Waals surface area contributed by atoms with E-state index in [4.69, 9.17) is 0 Å². The second-order valence-corrected chi connectivity index (χ2v) is 10.4. The molecule has 2 aromatic rings. The van der Waals surface area contributed by atoms with Crippen molar-refractivity contribution in [3.63, 3.8) is 0 Å². The molecular weight excluding hydrogens is 436 g/mol. The molecule has 2 heterocycles. The van der Waals surface area contributed by atoms with E-state index in [9.17, 15) is 9.59 Å². The van der Waals surface area contributed by atoms with Gasteiger partial charge in [0.1, 0.15) is 0 Å². The summed E-state index contributed by atoms with van der Waals surface area (Å²) in [6.07, 6.45) is 17.2.